The first-order valence-electron chi connectivity index (χ1n) is 8.10. The Kier molecular flexibility index (Phi) is 4.78. The number of hydrogen-bond donors (Lipinski definition) is 0. The SMILES string of the molecule is COc1ccc2nc(N(Cc3cccnc3)C(=O)c3snnc3C)sc2c1. The van der Waals surface area contributed by atoms with Crippen molar-refractivity contribution in [2.24, 2.45) is 0 Å². The van der Waals surface area contributed by atoms with Crippen LogP contribution in [0, 0.1) is 6.92 Å². The lowest BCUT2D eigenvalue weighted by Crippen LogP contribution is -2.30. The second-order valence-corrected chi connectivity index (χ2v) is 7.53. The molecule has 0 atom stereocenters. The number of aryl methyl sites for hydroxylation is 1. The lowest BCUT2D eigenvalue weighted by molar-refractivity contribution is 0.0988. The van der Waals surface area contributed by atoms with Crippen molar-refractivity contribution in [2.45, 2.75) is 13.5 Å². The lowest BCUT2D eigenvalue weighted by atomic mass is 10.2. The number of methoxy groups -OCH3 is 1. The zero-order valence-electron chi connectivity index (χ0n) is 14.6. The molecule has 3 aromatic heterocycles. The molecule has 136 valence electrons. The summed E-state index contributed by atoms with van der Waals surface area (Å²) in [5.41, 5.74) is 2.35. The highest BCUT2D eigenvalue weighted by molar-refractivity contribution is 7.22. The van der Waals surface area contributed by atoms with Crippen LogP contribution in [0.25, 0.3) is 10.2 Å². The second kappa shape index (κ2) is 7.37. The maximum absolute atomic E-state index is 13.2. The summed E-state index contributed by atoms with van der Waals surface area (Å²) in [5, 5.41) is 4.57. The van der Waals surface area contributed by atoms with Crippen molar-refractivity contribution in [3.8, 4) is 5.75 Å². The van der Waals surface area contributed by atoms with Gasteiger partial charge >= 0.3 is 0 Å². The Morgan fingerprint density at radius 3 is 2.89 bits per heavy atom. The van der Waals surface area contributed by atoms with E-state index in [1.807, 2.05) is 30.3 Å². The fraction of sp³-hybridized carbons (Fsp3) is 0.167. The first-order chi connectivity index (χ1) is 13.2. The van der Waals surface area contributed by atoms with E-state index in [4.69, 9.17) is 4.74 Å². The molecule has 3 heterocycles. The van der Waals surface area contributed by atoms with Gasteiger partial charge in [0.25, 0.3) is 5.91 Å². The van der Waals surface area contributed by atoms with E-state index < -0.39 is 0 Å². The number of anilines is 1. The van der Waals surface area contributed by atoms with Crippen molar-refractivity contribution in [2.75, 3.05) is 12.0 Å². The molecule has 1 aromatic carbocycles. The predicted molar refractivity (Wildman–Crippen MR) is 106 cm³/mol. The molecule has 7 nitrogen and oxygen atoms in total. The summed E-state index contributed by atoms with van der Waals surface area (Å²) in [6.45, 7) is 2.14. The van der Waals surface area contributed by atoms with Gasteiger partial charge in [0.05, 0.1) is 29.6 Å². The Morgan fingerprint density at radius 2 is 2.19 bits per heavy atom. The third-order valence-corrected chi connectivity index (χ3v) is 5.83. The number of hydrogen-bond acceptors (Lipinski definition) is 8. The minimum Gasteiger partial charge on any atom is -0.497 e. The second-order valence-electron chi connectivity index (χ2n) is 5.77. The average Bonchev–Trinajstić information content (AvgIpc) is 3.31. The van der Waals surface area contributed by atoms with E-state index in [-0.39, 0.29) is 5.91 Å². The molecular weight excluding hydrogens is 382 g/mol. The summed E-state index contributed by atoms with van der Waals surface area (Å²) in [4.78, 5) is 24.2. The molecule has 0 radical (unpaired) electrons. The lowest BCUT2D eigenvalue weighted by Gasteiger charge is -2.19. The average molecular weight is 397 g/mol. The van der Waals surface area contributed by atoms with Gasteiger partial charge in [0.15, 0.2) is 5.13 Å². The number of carbonyl (C=O) groups is 1. The molecule has 0 aliphatic rings. The molecule has 0 unspecified atom stereocenters. The number of thiazole rings is 1. The van der Waals surface area contributed by atoms with Gasteiger partial charge in [-0.2, -0.15) is 0 Å². The van der Waals surface area contributed by atoms with Gasteiger partial charge < -0.3 is 4.74 Å². The third-order valence-electron chi connectivity index (χ3n) is 3.97. The number of nitrogens with zero attached hydrogens (tertiary/aromatic N) is 5. The van der Waals surface area contributed by atoms with Crippen molar-refractivity contribution in [1.29, 1.82) is 0 Å². The number of aromatic nitrogens is 4. The Morgan fingerprint density at radius 1 is 1.30 bits per heavy atom. The van der Waals surface area contributed by atoms with Crippen molar-refractivity contribution >= 4 is 44.1 Å². The molecule has 0 N–H and O–H groups in total. The van der Waals surface area contributed by atoms with Gasteiger partial charge in [0, 0.05) is 12.4 Å². The number of carbonyl (C=O) groups excluding carboxylic acids is 1. The molecule has 1 amide bonds. The minimum atomic E-state index is -0.169. The van der Waals surface area contributed by atoms with E-state index >= 15 is 0 Å². The molecule has 27 heavy (non-hydrogen) atoms. The molecule has 4 aromatic rings. The summed E-state index contributed by atoms with van der Waals surface area (Å²) >= 11 is 2.54. The molecule has 0 bridgehead atoms. The van der Waals surface area contributed by atoms with Crippen molar-refractivity contribution in [3.05, 3.63) is 58.9 Å². The first-order valence-corrected chi connectivity index (χ1v) is 9.69. The quantitative estimate of drug-likeness (QED) is 0.511. The van der Waals surface area contributed by atoms with E-state index in [0.29, 0.717) is 22.2 Å². The van der Waals surface area contributed by atoms with E-state index in [2.05, 4.69) is 19.6 Å². The van der Waals surface area contributed by atoms with E-state index in [0.717, 1.165) is 33.1 Å². The van der Waals surface area contributed by atoms with Crippen molar-refractivity contribution < 1.29 is 9.53 Å². The Labute approximate surface area is 163 Å². The van der Waals surface area contributed by atoms with Gasteiger partial charge in [0.2, 0.25) is 0 Å². The van der Waals surface area contributed by atoms with Crippen molar-refractivity contribution in [3.63, 3.8) is 0 Å². The summed E-state index contributed by atoms with van der Waals surface area (Å²) < 4.78 is 10.1. The van der Waals surface area contributed by atoms with Gasteiger partial charge in [-0.15, -0.1) is 5.10 Å². The molecule has 0 fully saturated rings. The highest BCUT2D eigenvalue weighted by atomic mass is 32.1. The Hall–Kier alpha value is -2.91. The number of ether oxygens (including phenoxy) is 1. The predicted octanol–water partition coefficient (Wildman–Crippen LogP) is 3.71. The van der Waals surface area contributed by atoms with Crippen LogP contribution in [0.5, 0.6) is 5.75 Å². The van der Waals surface area contributed by atoms with Crippen LogP contribution in [0.3, 0.4) is 0 Å². The maximum Gasteiger partial charge on any atom is 0.274 e. The molecule has 0 saturated carbocycles. The summed E-state index contributed by atoms with van der Waals surface area (Å²) in [5.74, 6) is 0.586. The molecule has 0 saturated heterocycles. The van der Waals surface area contributed by atoms with Crippen LogP contribution in [0.4, 0.5) is 5.13 Å². The van der Waals surface area contributed by atoms with Crippen LogP contribution in [-0.4, -0.2) is 32.6 Å². The smallest absolute Gasteiger partial charge is 0.274 e. The molecule has 0 spiro atoms. The third kappa shape index (κ3) is 3.51. The largest absolute Gasteiger partial charge is 0.497 e. The van der Waals surface area contributed by atoms with Crippen molar-refractivity contribution in [1.82, 2.24) is 19.6 Å². The first kappa shape index (κ1) is 17.5. The number of pyridine rings is 1. The Bertz CT molecular complexity index is 1090. The summed E-state index contributed by atoms with van der Waals surface area (Å²) in [7, 11) is 1.63. The van der Waals surface area contributed by atoms with Crippen LogP contribution in [0.2, 0.25) is 0 Å². The van der Waals surface area contributed by atoms with Gasteiger partial charge in [-0.3, -0.25) is 14.7 Å². The van der Waals surface area contributed by atoms with Gasteiger partial charge in [0.1, 0.15) is 10.6 Å². The van der Waals surface area contributed by atoms with E-state index in [9.17, 15) is 4.79 Å². The van der Waals surface area contributed by atoms with Crippen LogP contribution >= 0.6 is 22.9 Å². The number of rotatable bonds is 5. The van der Waals surface area contributed by atoms with E-state index in [1.165, 1.54) is 11.3 Å². The molecule has 0 aliphatic carbocycles. The maximum atomic E-state index is 13.2. The summed E-state index contributed by atoms with van der Waals surface area (Å²) in [6, 6.07) is 9.45. The summed E-state index contributed by atoms with van der Waals surface area (Å²) in [6.07, 6.45) is 3.45. The van der Waals surface area contributed by atoms with Crippen LogP contribution < -0.4 is 9.64 Å². The minimum absolute atomic E-state index is 0.169. The van der Waals surface area contributed by atoms with Gasteiger partial charge in [-0.25, -0.2) is 4.98 Å². The Balaban J connectivity index is 1.77. The number of fused-ring (bicyclic) bond motifs is 1. The van der Waals surface area contributed by atoms with Gasteiger partial charge in [-0.1, -0.05) is 21.9 Å². The monoisotopic (exact) mass is 397 g/mol. The van der Waals surface area contributed by atoms with Crippen LogP contribution in [0.15, 0.2) is 42.7 Å². The highest BCUT2D eigenvalue weighted by Crippen LogP contribution is 2.33. The number of benzene rings is 1. The molecule has 0 aliphatic heterocycles. The van der Waals surface area contributed by atoms with E-state index in [1.54, 1.807) is 31.3 Å². The highest BCUT2D eigenvalue weighted by Gasteiger charge is 2.25. The zero-order chi connectivity index (χ0) is 18.8. The topological polar surface area (TPSA) is 81.1 Å². The number of amides is 1. The normalized spacial score (nSPS) is 10.9. The molecule has 9 heteroatoms. The zero-order valence-corrected chi connectivity index (χ0v) is 16.3. The standard InChI is InChI=1S/C18H15N5O2S2/c1-11-16(27-22-21-11)17(24)23(10-12-4-3-7-19-9-12)18-20-14-6-5-13(25-2)8-15(14)26-18/h3-9H,10H2,1-2H3. The van der Waals surface area contributed by atoms with Crippen LogP contribution in [-0.2, 0) is 6.54 Å². The fourth-order valence-corrected chi connectivity index (χ4v) is 4.18. The molecule has 4 rings (SSSR count). The van der Waals surface area contributed by atoms with Gasteiger partial charge in [-0.05, 0) is 48.3 Å². The van der Waals surface area contributed by atoms with Crippen LogP contribution in [0.1, 0.15) is 20.9 Å². The molecular formula is C18H15N5O2S2. The fourth-order valence-electron chi connectivity index (χ4n) is 2.59.